The quantitative estimate of drug-likeness (QED) is 0.596. The second-order valence-corrected chi connectivity index (χ2v) is 8.06. The fraction of sp³-hybridized carbons (Fsp3) is 0.538. The summed E-state index contributed by atoms with van der Waals surface area (Å²) >= 11 is 3.18. The minimum Gasteiger partial charge on any atom is -0.258 e. The Hall–Kier alpha value is -0.990. The van der Waals surface area contributed by atoms with Crippen LogP contribution in [0.5, 0.6) is 0 Å². The monoisotopic (exact) mass is 376 g/mol. The van der Waals surface area contributed by atoms with E-state index in [2.05, 4.69) is 15.9 Å². The van der Waals surface area contributed by atoms with E-state index < -0.39 is 14.9 Å². The second kappa shape index (κ2) is 6.41. The van der Waals surface area contributed by atoms with Gasteiger partial charge in [-0.1, -0.05) is 35.2 Å². The number of nitrogens with zero attached hydrogens (tertiary/aromatic N) is 2. The van der Waals surface area contributed by atoms with Gasteiger partial charge in [0, 0.05) is 23.6 Å². The van der Waals surface area contributed by atoms with E-state index in [1.165, 1.54) is 29.6 Å². The first kappa shape index (κ1) is 16.4. The summed E-state index contributed by atoms with van der Waals surface area (Å²) in [5, 5.41) is 11.1. The molecule has 2 rings (SSSR count). The summed E-state index contributed by atoms with van der Waals surface area (Å²) < 4.78 is 27.2. The van der Waals surface area contributed by atoms with Crippen LogP contribution in [0.3, 0.4) is 0 Å². The van der Waals surface area contributed by atoms with Gasteiger partial charge in [-0.05, 0) is 25.0 Å². The lowest BCUT2D eigenvalue weighted by Crippen LogP contribution is -2.38. The minimum atomic E-state index is -3.88. The highest BCUT2D eigenvalue weighted by Gasteiger charge is 2.34. The molecular weight excluding hydrogens is 360 g/mol. The average molecular weight is 377 g/mol. The number of hydrogen-bond acceptors (Lipinski definition) is 4. The number of rotatable bonds is 4. The minimum absolute atomic E-state index is 0.0812. The lowest BCUT2D eigenvalue weighted by Gasteiger charge is -2.30. The van der Waals surface area contributed by atoms with Crippen molar-refractivity contribution in [2.45, 2.75) is 43.0 Å². The molecule has 0 bridgehead atoms. The van der Waals surface area contributed by atoms with Crippen molar-refractivity contribution in [3.05, 3.63) is 32.8 Å². The largest absolute Gasteiger partial charge is 0.289 e. The van der Waals surface area contributed by atoms with Crippen molar-refractivity contribution in [3.8, 4) is 0 Å². The predicted octanol–water partition coefficient (Wildman–Crippen LogP) is 3.31. The maximum atomic E-state index is 12.7. The van der Waals surface area contributed by atoms with E-state index in [0.29, 0.717) is 4.47 Å². The molecule has 6 nitrogen and oxygen atoms in total. The van der Waals surface area contributed by atoms with Crippen molar-refractivity contribution in [3.63, 3.8) is 0 Å². The van der Waals surface area contributed by atoms with Gasteiger partial charge >= 0.3 is 0 Å². The molecule has 0 spiro atoms. The molecule has 1 aliphatic rings. The van der Waals surface area contributed by atoms with E-state index in [0.717, 1.165) is 32.1 Å². The molecule has 1 fully saturated rings. The van der Waals surface area contributed by atoms with E-state index in [4.69, 9.17) is 0 Å². The van der Waals surface area contributed by atoms with Crippen molar-refractivity contribution in [2.75, 3.05) is 7.05 Å². The van der Waals surface area contributed by atoms with Gasteiger partial charge in [-0.15, -0.1) is 0 Å². The van der Waals surface area contributed by atoms with Crippen molar-refractivity contribution >= 4 is 31.6 Å². The Morgan fingerprint density at radius 1 is 1.29 bits per heavy atom. The van der Waals surface area contributed by atoms with Gasteiger partial charge in [0.2, 0.25) is 10.0 Å². The van der Waals surface area contributed by atoms with Crippen molar-refractivity contribution < 1.29 is 13.3 Å². The molecule has 0 saturated heterocycles. The molecule has 0 N–H and O–H groups in total. The third kappa shape index (κ3) is 3.44. The number of hydrogen-bond donors (Lipinski definition) is 0. The Kier molecular flexibility index (Phi) is 5.00. The van der Waals surface area contributed by atoms with Crippen LogP contribution in [-0.4, -0.2) is 30.7 Å². The van der Waals surface area contributed by atoms with Crippen molar-refractivity contribution in [1.29, 1.82) is 0 Å². The number of nitro benzene ring substituents is 1. The first-order valence-corrected chi connectivity index (χ1v) is 8.99. The first-order valence-electron chi connectivity index (χ1n) is 6.76. The van der Waals surface area contributed by atoms with Crippen LogP contribution in [0.2, 0.25) is 0 Å². The van der Waals surface area contributed by atoms with Crippen LogP contribution in [0.4, 0.5) is 5.69 Å². The van der Waals surface area contributed by atoms with Gasteiger partial charge in [-0.2, -0.15) is 4.31 Å². The van der Waals surface area contributed by atoms with Crippen LogP contribution in [-0.2, 0) is 10.0 Å². The average Bonchev–Trinajstić information content (AvgIpc) is 2.47. The van der Waals surface area contributed by atoms with E-state index in [1.54, 1.807) is 0 Å². The first-order chi connectivity index (χ1) is 9.84. The molecule has 21 heavy (non-hydrogen) atoms. The van der Waals surface area contributed by atoms with Crippen LogP contribution < -0.4 is 0 Å². The van der Waals surface area contributed by atoms with E-state index in [-0.39, 0.29) is 16.6 Å². The summed E-state index contributed by atoms with van der Waals surface area (Å²) in [5.74, 6) is 0. The summed E-state index contributed by atoms with van der Waals surface area (Å²) in [6.07, 6.45) is 4.70. The molecular formula is C13H17BrN2O4S. The summed E-state index contributed by atoms with van der Waals surface area (Å²) in [6.45, 7) is 0. The summed E-state index contributed by atoms with van der Waals surface area (Å²) in [7, 11) is -2.37. The molecule has 1 aromatic rings. The van der Waals surface area contributed by atoms with Crippen LogP contribution in [0, 0.1) is 10.1 Å². The standard InChI is InChI=1S/C13H17BrN2O4S/c1-15(11-5-3-2-4-6-11)21(19,20)13-9-10(14)7-8-12(13)16(17)18/h7-9,11H,2-6H2,1H3. The van der Waals surface area contributed by atoms with Crippen LogP contribution in [0.25, 0.3) is 0 Å². The Morgan fingerprint density at radius 3 is 2.48 bits per heavy atom. The van der Waals surface area contributed by atoms with E-state index in [9.17, 15) is 18.5 Å². The summed E-state index contributed by atoms with van der Waals surface area (Å²) in [6, 6.07) is 3.90. The van der Waals surface area contributed by atoms with E-state index in [1.807, 2.05) is 0 Å². The molecule has 0 heterocycles. The van der Waals surface area contributed by atoms with Crippen LogP contribution >= 0.6 is 15.9 Å². The molecule has 116 valence electrons. The zero-order valence-corrected chi connectivity index (χ0v) is 14.1. The fourth-order valence-corrected chi connectivity index (χ4v) is 4.75. The molecule has 1 saturated carbocycles. The van der Waals surface area contributed by atoms with Crippen molar-refractivity contribution in [2.24, 2.45) is 0 Å². The van der Waals surface area contributed by atoms with Crippen LogP contribution in [0.1, 0.15) is 32.1 Å². The molecule has 1 aromatic carbocycles. The highest BCUT2D eigenvalue weighted by molar-refractivity contribution is 9.10. The topological polar surface area (TPSA) is 80.5 Å². The maximum Gasteiger partial charge on any atom is 0.289 e. The number of nitro groups is 1. The molecule has 1 aliphatic carbocycles. The third-order valence-corrected chi connectivity index (χ3v) is 6.30. The van der Waals surface area contributed by atoms with Gasteiger partial charge in [0.1, 0.15) is 0 Å². The molecule has 0 aliphatic heterocycles. The van der Waals surface area contributed by atoms with Gasteiger partial charge in [0.05, 0.1) is 4.92 Å². The maximum absolute atomic E-state index is 12.7. The highest BCUT2D eigenvalue weighted by atomic mass is 79.9. The lowest BCUT2D eigenvalue weighted by atomic mass is 9.96. The van der Waals surface area contributed by atoms with Crippen molar-refractivity contribution in [1.82, 2.24) is 4.31 Å². The van der Waals surface area contributed by atoms with Crippen LogP contribution in [0.15, 0.2) is 27.6 Å². The summed E-state index contributed by atoms with van der Waals surface area (Å²) in [4.78, 5) is 10.2. The van der Waals surface area contributed by atoms with Gasteiger partial charge in [-0.3, -0.25) is 10.1 Å². The van der Waals surface area contributed by atoms with Gasteiger partial charge in [-0.25, -0.2) is 8.42 Å². The van der Waals surface area contributed by atoms with Gasteiger partial charge in [0.25, 0.3) is 5.69 Å². The summed E-state index contributed by atoms with van der Waals surface area (Å²) in [5.41, 5.74) is -0.388. The molecule has 0 aromatic heterocycles. The zero-order valence-electron chi connectivity index (χ0n) is 11.7. The van der Waals surface area contributed by atoms with E-state index >= 15 is 0 Å². The molecule has 8 heteroatoms. The Bertz CT molecular complexity index is 642. The molecule has 0 radical (unpaired) electrons. The Labute approximate surface area is 132 Å². The second-order valence-electron chi connectivity index (χ2n) is 5.18. The smallest absolute Gasteiger partial charge is 0.258 e. The van der Waals surface area contributed by atoms with Gasteiger partial charge < -0.3 is 0 Å². The highest BCUT2D eigenvalue weighted by Crippen LogP contribution is 2.32. The molecule has 0 unspecified atom stereocenters. The number of sulfonamides is 1. The fourth-order valence-electron chi connectivity index (χ4n) is 2.64. The SMILES string of the molecule is CN(C1CCCCC1)S(=O)(=O)c1cc(Br)ccc1[N+](=O)[O-]. The molecule has 0 atom stereocenters. The molecule has 0 amide bonds. The normalized spacial score (nSPS) is 17.1. The Morgan fingerprint density at radius 2 is 1.90 bits per heavy atom. The Balaban J connectivity index is 2.43. The van der Waals surface area contributed by atoms with Gasteiger partial charge in [0.15, 0.2) is 4.90 Å². The zero-order chi connectivity index (χ0) is 15.6. The number of benzene rings is 1. The number of halogens is 1. The predicted molar refractivity (Wildman–Crippen MR) is 82.6 cm³/mol. The third-order valence-electron chi connectivity index (χ3n) is 3.86. The lowest BCUT2D eigenvalue weighted by molar-refractivity contribution is -0.387.